The molecule has 3 rings (SSSR count). The van der Waals surface area contributed by atoms with Crippen LogP contribution in [0.2, 0.25) is 0 Å². The van der Waals surface area contributed by atoms with E-state index in [4.69, 9.17) is 0 Å². The van der Waals surface area contributed by atoms with Crippen LogP contribution in [0.4, 0.5) is 0 Å². The van der Waals surface area contributed by atoms with E-state index in [9.17, 15) is 15.8 Å². The van der Waals surface area contributed by atoms with Crippen LogP contribution in [0.25, 0.3) is 21.5 Å². The standard InChI is InChI=1S/C19H11N3/c1-11-14-6-4-3-5-13(14)7-15-17(9-21)18(10-22)16(8-20)12(2)19(11)15/h3-7H,1-2H3. The zero-order valence-electron chi connectivity index (χ0n) is 12.2. The fourth-order valence-corrected chi connectivity index (χ4v) is 3.15. The number of hydrogen-bond acceptors (Lipinski definition) is 3. The first-order valence-corrected chi connectivity index (χ1v) is 6.83. The number of fused-ring (bicyclic) bond motifs is 2. The summed E-state index contributed by atoms with van der Waals surface area (Å²) in [6.45, 7) is 3.83. The molecule has 0 aliphatic heterocycles. The third-order valence-electron chi connectivity index (χ3n) is 4.16. The Kier molecular flexibility index (Phi) is 3.03. The number of benzene rings is 3. The Balaban J connectivity index is 2.73. The van der Waals surface area contributed by atoms with Gasteiger partial charge in [0.25, 0.3) is 0 Å². The van der Waals surface area contributed by atoms with Gasteiger partial charge in [0.2, 0.25) is 0 Å². The molecule has 0 heterocycles. The average molecular weight is 281 g/mol. The van der Waals surface area contributed by atoms with Crippen LogP contribution in [0.15, 0.2) is 30.3 Å². The van der Waals surface area contributed by atoms with E-state index in [1.54, 1.807) is 0 Å². The van der Waals surface area contributed by atoms with E-state index in [1.807, 2.05) is 50.2 Å². The Morgan fingerprint density at radius 3 is 2.00 bits per heavy atom. The van der Waals surface area contributed by atoms with E-state index in [2.05, 4.69) is 12.1 Å². The van der Waals surface area contributed by atoms with Gasteiger partial charge in [-0.1, -0.05) is 24.3 Å². The first kappa shape index (κ1) is 13.6. The van der Waals surface area contributed by atoms with Crippen LogP contribution >= 0.6 is 0 Å². The summed E-state index contributed by atoms with van der Waals surface area (Å²) in [6, 6.07) is 16.1. The quantitative estimate of drug-likeness (QED) is 0.579. The molecule has 0 N–H and O–H groups in total. The molecule has 0 spiro atoms. The fraction of sp³-hybridized carbons (Fsp3) is 0.105. The molecule has 3 aromatic carbocycles. The van der Waals surface area contributed by atoms with Crippen LogP contribution in [0.3, 0.4) is 0 Å². The largest absolute Gasteiger partial charge is 0.192 e. The van der Waals surface area contributed by atoms with Crippen molar-refractivity contribution in [3.63, 3.8) is 0 Å². The number of hydrogen-bond donors (Lipinski definition) is 0. The maximum Gasteiger partial charge on any atom is 0.102 e. The van der Waals surface area contributed by atoms with Gasteiger partial charge in [-0.05, 0) is 47.2 Å². The van der Waals surface area contributed by atoms with Gasteiger partial charge < -0.3 is 0 Å². The van der Waals surface area contributed by atoms with Gasteiger partial charge in [-0.15, -0.1) is 0 Å². The van der Waals surface area contributed by atoms with Crippen molar-refractivity contribution < 1.29 is 0 Å². The van der Waals surface area contributed by atoms with Gasteiger partial charge >= 0.3 is 0 Å². The fourth-order valence-electron chi connectivity index (χ4n) is 3.15. The summed E-state index contributed by atoms with van der Waals surface area (Å²) in [4.78, 5) is 0. The minimum Gasteiger partial charge on any atom is -0.192 e. The SMILES string of the molecule is Cc1c(C#N)c(C#N)c(C#N)c2cc3ccccc3c(C)c12. The summed E-state index contributed by atoms with van der Waals surface area (Å²) in [5.41, 5.74) is 2.54. The smallest absolute Gasteiger partial charge is 0.102 e. The highest BCUT2D eigenvalue weighted by Gasteiger charge is 2.19. The lowest BCUT2D eigenvalue weighted by atomic mass is 9.87. The second-order valence-electron chi connectivity index (χ2n) is 5.23. The lowest BCUT2D eigenvalue weighted by molar-refractivity contribution is 1.36. The molecule has 3 heteroatoms. The Morgan fingerprint density at radius 1 is 0.727 bits per heavy atom. The molecule has 0 unspecified atom stereocenters. The minimum atomic E-state index is 0.171. The van der Waals surface area contributed by atoms with E-state index < -0.39 is 0 Å². The van der Waals surface area contributed by atoms with Crippen molar-refractivity contribution in [1.82, 2.24) is 0 Å². The van der Waals surface area contributed by atoms with E-state index in [0.717, 1.165) is 32.7 Å². The summed E-state index contributed by atoms with van der Waals surface area (Å²) in [5.74, 6) is 0. The molecule has 0 atom stereocenters. The maximum atomic E-state index is 9.51. The van der Waals surface area contributed by atoms with E-state index in [1.165, 1.54) is 0 Å². The highest BCUT2D eigenvalue weighted by Crippen LogP contribution is 2.35. The van der Waals surface area contributed by atoms with Gasteiger partial charge in [0, 0.05) is 5.39 Å². The van der Waals surface area contributed by atoms with Gasteiger partial charge in [0.1, 0.15) is 18.2 Å². The van der Waals surface area contributed by atoms with Crippen LogP contribution in [-0.4, -0.2) is 0 Å². The van der Waals surface area contributed by atoms with Crippen molar-refractivity contribution in [3.05, 3.63) is 58.1 Å². The van der Waals surface area contributed by atoms with Gasteiger partial charge in [0.15, 0.2) is 0 Å². The molecule has 0 aromatic heterocycles. The average Bonchev–Trinajstić information content (AvgIpc) is 2.54. The summed E-state index contributed by atoms with van der Waals surface area (Å²) < 4.78 is 0. The van der Waals surface area contributed by atoms with E-state index in [-0.39, 0.29) is 11.1 Å². The zero-order valence-corrected chi connectivity index (χ0v) is 12.2. The molecule has 0 fully saturated rings. The lowest BCUT2D eigenvalue weighted by Gasteiger charge is -2.14. The number of nitrogens with zero attached hydrogens (tertiary/aromatic N) is 3. The Bertz CT molecular complexity index is 1070. The van der Waals surface area contributed by atoms with E-state index in [0.29, 0.717) is 5.56 Å². The molecule has 22 heavy (non-hydrogen) atoms. The van der Waals surface area contributed by atoms with Crippen molar-refractivity contribution in [2.45, 2.75) is 13.8 Å². The van der Waals surface area contributed by atoms with Gasteiger partial charge in [-0.2, -0.15) is 15.8 Å². The van der Waals surface area contributed by atoms with Gasteiger partial charge in [0.05, 0.1) is 16.7 Å². The highest BCUT2D eigenvalue weighted by molar-refractivity contribution is 6.07. The molecule has 102 valence electrons. The molecule has 0 amide bonds. The monoisotopic (exact) mass is 281 g/mol. The third kappa shape index (κ3) is 1.65. The molecular formula is C19H11N3. The maximum absolute atomic E-state index is 9.51. The molecule has 3 aromatic rings. The zero-order chi connectivity index (χ0) is 15.9. The summed E-state index contributed by atoms with van der Waals surface area (Å²) in [7, 11) is 0. The Morgan fingerprint density at radius 2 is 1.36 bits per heavy atom. The topological polar surface area (TPSA) is 71.4 Å². The van der Waals surface area contributed by atoms with Crippen molar-refractivity contribution in [2.24, 2.45) is 0 Å². The second-order valence-corrected chi connectivity index (χ2v) is 5.23. The molecule has 0 aliphatic rings. The van der Waals surface area contributed by atoms with Crippen molar-refractivity contribution in [3.8, 4) is 18.2 Å². The first-order valence-electron chi connectivity index (χ1n) is 6.83. The highest BCUT2D eigenvalue weighted by atomic mass is 14.3. The summed E-state index contributed by atoms with van der Waals surface area (Å²) >= 11 is 0. The summed E-state index contributed by atoms with van der Waals surface area (Å²) in [5, 5.41) is 32.0. The number of aryl methyl sites for hydroxylation is 2. The lowest BCUT2D eigenvalue weighted by Crippen LogP contribution is -1.98. The Hall–Kier alpha value is -3.35. The van der Waals surface area contributed by atoms with Gasteiger partial charge in [-0.3, -0.25) is 0 Å². The Labute approximate surface area is 128 Å². The van der Waals surface area contributed by atoms with Crippen molar-refractivity contribution in [1.29, 1.82) is 15.8 Å². The van der Waals surface area contributed by atoms with Crippen LogP contribution in [0.5, 0.6) is 0 Å². The number of nitriles is 3. The van der Waals surface area contributed by atoms with Gasteiger partial charge in [-0.25, -0.2) is 0 Å². The number of rotatable bonds is 0. The second kappa shape index (κ2) is 4.88. The molecule has 0 saturated carbocycles. The van der Waals surface area contributed by atoms with Crippen LogP contribution in [0, 0.1) is 47.8 Å². The van der Waals surface area contributed by atoms with E-state index >= 15 is 0 Å². The molecular weight excluding hydrogens is 270 g/mol. The van der Waals surface area contributed by atoms with Crippen LogP contribution < -0.4 is 0 Å². The summed E-state index contributed by atoms with van der Waals surface area (Å²) in [6.07, 6.45) is 0. The van der Waals surface area contributed by atoms with Crippen molar-refractivity contribution in [2.75, 3.05) is 0 Å². The minimum absolute atomic E-state index is 0.171. The molecule has 0 radical (unpaired) electrons. The predicted octanol–water partition coefficient (Wildman–Crippen LogP) is 4.22. The molecule has 0 aliphatic carbocycles. The van der Waals surface area contributed by atoms with Crippen LogP contribution in [0.1, 0.15) is 27.8 Å². The molecule has 0 bridgehead atoms. The van der Waals surface area contributed by atoms with Crippen LogP contribution in [-0.2, 0) is 0 Å². The van der Waals surface area contributed by atoms with Crippen molar-refractivity contribution >= 4 is 21.5 Å². The normalized spacial score (nSPS) is 10.1. The molecule has 0 saturated heterocycles. The predicted molar refractivity (Wildman–Crippen MR) is 85.1 cm³/mol. The third-order valence-corrected chi connectivity index (χ3v) is 4.16. The first-order chi connectivity index (χ1) is 10.6. The molecule has 3 nitrogen and oxygen atoms in total.